The van der Waals surface area contributed by atoms with Crippen LogP contribution in [-0.2, 0) is 4.79 Å². The van der Waals surface area contributed by atoms with Crippen LogP contribution in [0.25, 0.3) is 6.08 Å². The molecule has 136 valence electrons. The number of carbonyl (C=O) groups is 1. The summed E-state index contributed by atoms with van der Waals surface area (Å²) in [5.74, 6) is 2.29. The van der Waals surface area contributed by atoms with Crippen molar-refractivity contribution in [3.63, 3.8) is 0 Å². The van der Waals surface area contributed by atoms with Crippen molar-refractivity contribution in [1.29, 1.82) is 0 Å². The highest BCUT2D eigenvalue weighted by molar-refractivity contribution is 5.95. The second-order valence-electron chi connectivity index (χ2n) is 7.08. The number of benzene rings is 1. The summed E-state index contributed by atoms with van der Waals surface area (Å²) in [6.45, 7) is 6.57. The van der Waals surface area contributed by atoms with Crippen LogP contribution >= 0.6 is 0 Å². The van der Waals surface area contributed by atoms with Crippen molar-refractivity contribution < 1.29 is 14.3 Å². The highest BCUT2D eigenvalue weighted by Gasteiger charge is 2.35. The number of anilines is 1. The molecule has 1 aromatic carbocycles. The predicted molar refractivity (Wildman–Crippen MR) is 99.8 cm³/mol. The maximum Gasteiger partial charge on any atom is 0.226 e. The number of methoxy groups -OCH3 is 1. The monoisotopic (exact) mass is 353 g/mol. The number of para-hydroxylation sites is 1. The fraction of sp³-hybridized carbons (Fsp3) is 0.400. The number of aryl methyl sites for hydroxylation is 1. The lowest BCUT2D eigenvalue weighted by molar-refractivity contribution is -0.116. The van der Waals surface area contributed by atoms with Gasteiger partial charge in [-0.15, -0.1) is 0 Å². The summed E-state index contributed by atoms with van der Waals surface area (Å²) in [7, 11) is 1.64. The van der Waals surface area contributed by atoms with Gasteiger partial charge >= 0.3 is 0 Å². The van der Waals surface area contributed by atoms with E-state index in [9.17, 15) is 4.79 Å². The Morgan fingerprint density at radius 2 is 2.19 bits per heavy atom. The Morgan fingerprint density at radius 3 is 2.92 bits per heavy atom. The molecule has 2 aliphatic rings. The van der Waals surface area contributed by atoms with Crippen molar-refractivity contribution in [3.05, 3.63) is 40.6 Å². The number of aromatic nitrogens is 2. The molecule has 0 fully saturated rings. The lowest BCUT2D eigenvalue weighted by Crippen LogP contribution is -2.27. The summed E-state index contributed by atoms with van der Waals surface area (Å²) in [5.41, 5.74) is 4.12. The lowest BCUT2D eigenvalue weighted by Gasteiger charge is -2.29. The van der Waals surface area contributed by atoms with Gasteiger partial charge < -0.3 is 14.8 Å². The average molecular weight is 353 g/mol. The molecule has 0 spiro atoms. The Balaban J connectivity index is 1.80. The molecule has 0 bridgehead atoms. The maximum atomic E-state index is 12.4. The molecule has 2 aliphatic heterocycles. The van der Waals surface area contributed by atoms with E-state index >= 15 is 0 Å². The standard InChI is InChI=1S/C20H23N3O3/c1-11(2)23-20-18(12(3)22-23)15(9-17(24)21-20)14-8-13-6-5-7-16(25-4)19(13)26-10-14/h5-8,11,15H,9-10H2,1-4H3,(H,21,24). The predicted octanol–water partition coefficient (Wildman–Crippen LogP) is 3.68. The zero-order valence-electron chi connectivity index (χ0n) is 15.5. The van der Waals surface area contributed by atoms with Crippen LogP contribution in [0.3, 0.4) is 0 Å². The van der Waals surface area contributed by atoms with Crippen LogP contribution in [0.4, 0.5) is 5.82 Å². The number of fused-ring (bicyclic) bond motifs is 2. The Bertz CT molecular complexity index is 911. The van der Waals surface area contributed by atoms with E-state index in [1.807, 2.05) is 29.8 Å². The van der Waals surface area contributed by atoms with Gasteiger partial charge in [-0.3, -0.25) is 4.79 Å². The normalized spacial score (nSPS) is 18.6. The molecule has 6 nitrogen and oxygen atoms in total. The smallest absolute Gasteiger partial charge is 0.226 e. The number of nitrogens with one attached hydrogen (secondary N) is 1. The van der Waals surface area contributed by atoms with Crippen LogP contribution in [0, 0.1) is 6.92 Å². The summed E-state index contributed by atoms with van der Waals surface area (Å²) in [5, 5.41) is 7.67. The summed E-state index contributed by atoms with van der Waals surface area (Å²) < 4.78 is 13.3. The van der Waals surface area contributed by atoms with Gasteiger partial charge in [-0.05, 0) is 38.5 Å². The molecule has 0 saturated heterocycles. The molecule has 3 heterocycles. The first-order valence-corrected chi connectivity index (χ1v) is 8.88. The van der Waals surface area contributed by atoms with Gasteiger partial charge in [0.1, 0.15) is 12.4 Å². The zero-order chi connectivity index (χ0) is 18.4. The van der Waals surface area contributed by atoms with Crippen LogP contribution in [0.5, 0.6) is 11.5 Å². The molecule has 4 rings (SSSR count). The first kappa shape index (κ1) is 16.7. The number of nitrogens with zero attached hydrogens (tertiary/aromatic N) is 2. The highest BCUT2D eigenvalue weighted by atomic mass is 16.5. The molecule has 2 aromatic rings. The number of amides is 1. The van der Waals surface area contributed by atoms with E-state index in [1.54, 1.807) is 7.11 Å². The van der Waals surface area contributed by atoms with Crippen molar-refractivity contribution in [2.24, 2.45) is 0 Å². The highest BCUT2D eigenvalue weighted by Crippen LogP contribution is 2.44. The van der Waals surface area contributed by atoms with Gasteiger partial charge in [-0.2, -0.15) is 5.10 Å². The van der Waals surface area contributed by atoms with Gasteiger partial charge in [0.05, 0.1) is 12.8 Å². The first-order chi connectivity index (χ1) is 12.5. The SMILES string of the molecule is COc1cccc2c1OCC(C1CC(=O)Nc3c1c(C)nn3C(C)C)=C2. The van der Waals surface area contributed by atoms with E-state index in [1.165, 1.54) is 0 Å². The Morgan fingerprint density at radius 1 is 1.38 bits per heavy atom. The third-order valence-electron chi connectivity index (χ3n) is 5.02. The molecule has 1 N–H and O–H groups in total. The minimum absolute atomic E-state index is 0.0154. The molecular formula is C20H23N3O3. The zero-order valence-corrected chi connectivity index (χ0v) is 15.5. The molecule has 1 unspecified atom stereocenters. The van der Waals surface area contributed by atoms with Crippen molar-refractivity contribution in [2.45, 2.75) is 39.2 Å². The number of hydrogen-bond donors (Lipinski definition) is 1. The third-order valence-corrected chi connectivity index (χ3v) is 5.02. The van der Waals surface area contributed by atoms with Gasteiger partial charge in [-0.25, -0.2) is 4.68 Å². The summed E-state index contributed by atoms with van der Waals surface area (Å²) in [4.78, 5) is 12.4. The number of hydrogen-bond acceptors (Lipinski definition) is 4. The minimum Gasteiger partial charge on any atom is -0.493 e. The van der Waals surface area contributed by atoms with E-state index in [4.69, 9.17) is 9.47 Å². The largest absolute Gasteiger partial charge is 0.493 e. The molecule has 1 aromatic heterocycles. The van der Waals surface area contributed by atoms with Crippen LogP contribution in [-0.4, -0.2) is 29.4 Å². The van der Waals surface area contributed by atoms with E-state index in [-0.39, 0.29) is 17.9 Å². The Hall–Kier alpha value is -2.76. The van der Waals surface area contributed by atoms with Gasteiger partial charge in [0.2, 0.25) is 5.91 Å². The van der Waals surface area contributed by atoms with E-state index in [0.29, 0.717) is 13.0 Å². The second kappa shape index (κ2) is 6.20. The Kier molecular flexibility index (Phi) is 3.98. The third kappa shape index (κ3) is 2.57. The van der Waals surface area contributed by atoms with E-state index in [2.05, 4.69) is 30.3 Å². The van der Waals surface area contributed by atoms with Crippen molar-refractivity contribution >= 4 is 17.8 Å². The van der Waals surface area contributed by atoms with Gasteiger partial charge in [-0.1, -0.05) is 12.1 Å². The summed E-state index contributed by atoms with van der Waals surface area (Å²) in [6, 6.07) is 6.02. The molecule has 26 heavy (non-hydrogen) atoms. The fourth-order valence-electron chi connectivity index (χ4n) is 3.82. The number of carbonyl (C=O) groups excluding carboxylic acids is 1. The van der Waals surface area contributed by atoms with Gasteiger partial charge in [0.15, 0.2) is 11.5 Å². The van der Waals surface area contributed by atoms with E-state index < -0.39 is 0 Å². The van der Waals surface area contributed by atoms with Crippen molar-refractivity contribution in [1.82, 2.24) is 9.78 Å². The topological polar surface area (TPSA) is 65.4 Å². The lowest BCUT2D eigenvalue weighted by atomic mass is 9.84. The van der Waals surface area contributed by atoms with Crippen LogP contribution in [0.2, 0.25) is 0 Å². The molecule has 0 aliphatic carbocycles. The molecule has 0 radical (unpaired) electrons. The Labute approximate surface area is 152 Å². The quantitative estimate of drug-likeness (QED) is 0.914. The van der Waals surface area contributed by atoms with Crippen LogP contribution < -0.4 is 14.8 Å². The molecule has 6 heteroatoms. The molecular weight excluding hydrogens is 330 g/mol. The second-order valence-corrected chi connectivity index (χ2v) is 7.08. The minimum atomic E-state index is -0.0226. The number of ether oxygens (including phenoxy) is 2. The molecule has 1 amide bonds. The molecule has 0 saturated carbocycles. The van der Waals surface area contributed by atoms with Gasteiger partial charge in [0, 0.05) is 29.5 Å². The summed E-state index contributed by atoms with van der Waals surface area (Å²) >= 11 is 0. The summed E-state index contributed by atoms with van der Waals surface area (Å²) in [6.07, 6.45) is 2.53. The maximum absolute atomic E-state index is 12.4. The first-order valence-electron chi connectivity index (χ1n) is 8.88. The fourth-order valence-corrected chi connectivity index (χ4v) is 3.82. The van der Waals surface area contributed by atoms with E-state index in [0.717, 1.165) is 39.7 Å². The number of rotatable bonds is 3. The van der Waals surface area contributed by atoms with Crippen molar-refractivity contribution in [2.75, 3.05) is 19.0 Å². The van der Waals surface area contributed by atoms with Crippen LogP contribution in [0.1, 0.15) is 49.0 Å². The van der Waals surface area contributed by atoms with Crippen molar-refractivity contribution in [3.8, 4) is 11.5 Å². The van der Waals surface area contributed by atoms with Crippen LogP contribution in [0.15, 0.2) is 23.8 Å². The average Bonchev–Trinajstić information content (AvgIpc) is 2.96. The molecule has 1 atom stereocenters. The van der Waals surface area contributed by atoms with Gasteiger partial charge in [0.25, 0.3) is 0 Å².